The molecule has 0 aliphatic heterocycles. The second-order valence-corrected chi connectivity index (χ2v) is 8.49. The zero-order valence-corrected chi connectivity index (χ0v) is 24.6. The molecular formula is C30H33N3O10. The predicted molar refractivity (Wildman–Crippen MR) is 156 cm³/mol. The minimum Gasteiger partial charge on any atom is -0.493 e. The molecule has 43 heavy (non-hydrogen) atoms. The molecule has 0 aliphatic rings. The Hall–Kier alpha value is -5.46. The maximum atomic E-state index is 12.8. The van der Waals surface area contributed by atoms with E-state index in [1.807, 2.05) is 0 Å². The molecule has 2 N–H and O–H groups in total. The van der Waals surface area contributed by atoms with Crippen LogP contribution in [0.5, 0.6) is 40.2 Å². The highest BCUT2D eigenvalue weighted by atomic mass is 16.6. The van der Waals surface area contributed by atoms with Gasteiger partial charge in [-0.05, 0) is 61.0 Å². The lowest BCUT2D eigenvalue weighted by Gasteiger charge is -2.14. The fourth-order valence-corrected chi connectivity index (χ4v) is 3.77. The first-order valence-electron chi connectivity index (χ1n) is 12.9. The predicted octanol–water partition coefficient (Wildman–Crippen LogP) is 3.23. The molecule has 3 aromatic carbocycles. The minimum absolute atomic E-state index is 0.192. The van der Waals surface area contributed by atoms with Gasteiger partial charge in [0.25, 0.3) is 11.8 Å². The van der Waals surface area contributed by atoms with Crippen LogP contribution >= 0.6 is 0 Å². The van der Waals surface area contributed by atoms with Crippen LogP contribution in [0.4, 0.5) is 0 Å². The number of methoxy groups -OCH3 is 5. The van der Waals surface area contributed by atoms with Gasteiger partial charge in [-0.2, -0.15) is 5.10 Å². The summed E-state index contributed by atoms with van der Waals surface area (Å²) >= 11 is 0. The van der Waals surface area contributed by atoms with Gasteiger partial charge in [0.15, 0.2) is 34.5 Å². The summed E-state index contributed by atoms with van der Waals surface area (Å²) in [7, 11) is 7.28. The summed E-state index contributed by atoms with van der Waals surface area (Å²) < 4.78 is 37.4. The maximum Gasteiger partial charge on any atom is 0.343 e. The quantitative estimate of drug-likeness (QED) is 0.123. The standard InChI is InChI=1S/C30H33N3O10/c1-7-42-24-12-18(8-10-22(24)43-30(36)19-9-11-21(37-2)23(13-19)38-3)16-32-33-27(34)17-31-29(35)20-14-25(39-4)28(41-6)26(15-20)40-5/h8-16H,7,17H2,1-6H3,(H,31,35)(H,33,34). The van der Waals surface area contributed by atoms with Gasteiger partial charge in [0.05, 0.1) is 60.5 Å². The third-order valence-corrected chi connectivity index (χ3v) is 5.83. The number of nitrogens with zero attached hydrogens (tertiary/aromatic N) is 1. The molecule has 3 rings (SSSR count). The molecule has 0 spiro atoms. The fourth-order valence-electron chi connectivity index (χ4n) is 3.77. The third kappa shape index (κ3) is 8.28. The Morgan fingerprint density at radius 2 is 1.35 bits per heavy atom. The van der Waals surface area contributed by atoms with Gasteiger partial charge in [-0.25, -0.2) is 10.2 Å². The van der Waals surface area contributed by atoms with Crippen LogP contribution in [-0.4, -0.2) is 72.7 Å². The highest BCUT2D eigenvalue weighted by molar-refractivity contribution is 5.98. The number of carbonyl (C=O) groups excluding carboxylic acids is 3. The number of carbonyl (C=O) groups is 3. The zero-order valence-electron chi connectivity index (χ0n) is 24.6. The van der Waals surface area contributed by atoms with Crippen molar-refractivity contribution < 1.29 is 47.5 Å². The van der Waals surface area contributed by atoms with Crippen molar-refractivity contribution in [3.05, 3.63) is 65.2 Å². The van der Waals surface area contributed by atoms with Crippen molar-refractivity contribution in [3.63, 3.8) is 0 Å². The molecule has 0 aromatic heterocycles. The summed E-state index contributed by atoms with van der Waals surface area (Å²) in [5.74, 6) is 0.571. The Kier molecular flexibility index (Phi) is 11.6. The first-order chi connectivity index (χ1) is 20.8. The number of hydrazone groups is 1. The summed E-state index contributed by atoms with van der Waals surface area (Å²) in [5.41, 5.74) is 3.36. The van der Waals surface area contributed by atoms with Crippen molar-refractivity contribution in [2.45, 2.75) is 6.92 Å². The summed E-state index contributed by atoms with van der Waals surface area (Å²) in [5, 5.41) is 6.43. The summed E-state index contributed by atoms with van der Waals surface area (Å²) in [6.45, 7) is 1.75. The highest BCUT2D eigenvalue weighted by Crippen LogP contribution is 2.38. The molecule has 0 saturated carbocycles. The van der Waals surface area contributed by atoms with Crippen LogP contribution in [0.25, 0.3) is 0 Å². The van der Waals surface area contributed by atoms with E-state index in [4.69, 9.17) is 33.2 Å². The molecule has 0 aliphatic carbocycles. The van der Waals surface area contributed by atoms with Crippen molar-refractivity contribution in [2.24, 2.45) is 5.10 Å². The van der Waals surface area contributed by atoms with Crippen LogP contribution in [0, 0.1) is 0 Å². The smallest absolute Gasteiger partial charge is 0.343 e. The number of hydrogen-bond acceptors (Lipinski definition) is 11. The van der Waals surface area contributed by atoms with E-state index < -0.39 is 17.8 Å². The molecular weight excluding hydrogens is 562 g/mol. The molecule has 13 heteroatoms. The largest absolute Gasteiger partial charge is 0.493 e. The monoisotopic (exact) mass is 595 g/mol. The number of esters is 1. The number of hydrogen-bond donors (Lipinski definition) is 2. The van der Waals surface area contributed by atoms with E-state index >= 15 is 0 Å². The Balaban J connectivity index is 1.61. The van der Waals surface area contributed by atoms with Gasteiger partial charge in [-0.15, -0.1) is 0 Å². The second-order valence-electron chi connectivity index (χ2n) is 8.49. The topological polar surface area (TPSA) is 152 Å². The SMILES string of the molecule is CCOc1cc(C=NNC(=O)CNC(=O)c2cc(OC)c(OC)c(OC)c2)ccc1OC(=O)c1ccc(OC)c(OC)c1. The molecule has 2 amide bonds. The molecule has 0 radical (unpaired) electrons. The van der Waals surface area contributed by atoms with E-state index in [1.165, 1.54) is 60.0 Å². The second kappa shape index (κ2) is 15.5. The van der Waals surface area contributed by atoms with E-state index in [0.29, 0.717) is 46.7 Å². The van der Waals surface area contributed by atoms with E-state index in [-0.39, 0.29) is 23.4 Å². The number of amides is 2. The normalized spacial score (nSPS) is 10.5. The summed E-state index contributed by atoms with van der Waals surface area (Å²) in [4.78, 5) is 37.6. The van der Waals surface area contributed by atoms with E-state index in [9.17, 15) is 14.4 Å². The van der Waals surface area contributed by atoms with Crippen molar-refractivity contribution in [1.29, 1.82) is 0 Å². The third-order valence-electron chi connectivity index (χ3n) is 5.83. The van der Waals surface area contributed by atoms with Gasteiger partial charge < -0.3 is 38.5 Å². The Morgan fingerprint density at radius 1 is 0.721 bits per heavy atom. The average Bonchev–Trinajstić information content (AvgIpc) is 3.03. The number of rotatable bonds is 14. The van der Waals surface area contributed by atoms with Crippen LogP contribution in [0.2, 0.25) is 0 Å². The number of benzene rings is 3. The van der Waals surface area contributed by atoms with Crippen LogP contribution < -0.4 is 43.9 Å². The molecule has 0 bridgehead atoms. The van der Waals surface area contributed by atoms with Gasteiger partial charge in [0, 0.05) is 5.56 Å². The van der Waals surface area contributed by atoms with Crippen molar-refractivity contribution in [2.75, 3.05) is 48.7 Å². The Labute approximate surface area is 248 Å². The molecule has 13 nitrogen and oxygen atoms in total. The molecule has 0 unspecified atom stereocenters. The van der Waals surface area contributed by atoms with Crippen LogP contribution in [0.15, 0.2) is 53.6 Å². The van der Waals surface area contributed by atoms with E-state index in [0.717, 1.165) is 0 Å². The summed E-state index contributed by atoms with van der Waals surface area (Å²) in [6.07, 6.45) is 1.38. The van der Waals surface area contributed by atoms with Crippen molar-refractivity contribution in [3.8, 4) is 40.2 Å². The molecule has 0 heterocycles. The van der Waals surface area contributed by atoms with Crippen LogP contribution in [-0.2, 0) is 4.79 Å². The van der Waals surface area contributed by atoms with Gasteiger partial charge in [-0.1, -0.05) is 0 Å². The summed E-state index contributed by atoms with van der Waals surface area (Å²) in [6, 6.07) is 12.4. The number of nitrogens with one attached hydrogen (secondary N) is 2. The van der Waals surface area contributed by atoms with Crippen molar-refractivity contribution in [1.82, 2.24) is 10.7 Å². The average molecular weight is 596 g/mol. The molecule has 0 fully saturated rings. The molecule has 0 saturated heterocycles. The Morgan fingerprint density at radius 3 is 1.95 bits per heavy atom. The van der Waals surface area contributed by atoms with E-state index in [1.54, 1.807) is 37.3 Å². The molecule has 228 valence electrons. The van der Waals surface area contributed by atoms with Crippen molar-refractivity contribution >= 4 is 24.0 Å². The van der Waals surface area contributed by atoms with Gasteiger partial charge in [0.2, 0.25) is 5.75 Å². The van der Waals surface area contributed by atoms with Gasteiger partial charge >= 0.3 is 5.97 Å². The lowest BCUT2D eigenvalue weighted by Crippen LogP contribution is -2.34. The van der Waals surface area contributed by atoms with Gasteiger partial charge in [0.1, 0.15) is 0 Å². The van der Waals surface area contributed by atoms with E-state index in [2.05, 4.69) is 15.8 Å². The number of ether oxygens (including phenoxy) is 7. The zero-order chi connectivity index (χ0) is 31.4. The Bertz CT molecular complexity index is 1460. The molecule has 0 atom stereocenters. The molecule has 3 aromatic rings. The first kappa shape index (κ1) is 32.1. The lowest BCUT2D eigenvalue weighted by molar-refractivity contribution is -0.120. The first-order valence-corrected chi connectivity index (χ1v) is 12.9. The van der Waals surface area contributed by atoms with Gasteiger partial charge in [-0.3, -0.25) is 9.59 Å². The highest BCUT2D eigenvalue weighted by Gasteiger charge is 2.18. The maximum absolute atomic E-state index is 12.8. The van der Waals surface area contributed by atoms with Crippen LogP contribution in [0.1, 0.15) is 33.2 Å². The fraction of sp³-hybridized carbons (Fsp3) is 0.267. The lowest BCUT2D eigenvalue weighted by atomic mass is 10.1. The van der Waals surface area contributed by atoms with Crippen LogP contribution in [0.3, 0.4) is 0 Å². The minimum atomic E-state index is -0.621.